The molecule has 0 spiro atoms. The summed E-state index contributed by atoms with van der Waals surface area (Å²) in [5.74, 6) is 0.188. The lowest BCUT2D eigenvalue weighted by molar-refractivity contribution is 0.291. The molecule has 7 nitrogen and oxygen atoms in total. The van der Waals surface area contributed by atoms with Crippen molar-refractivity contribution in [3.05, 3.63) is 5.28 Å². The van der Waals surface area contributed by atoms with Crippen LogP contribution in [0.5, 0.6) is 6.01 Å². The predicted molar refractivity (Wildman–Crippen MR) is 78.0 cm³/mol. The van der Waals surface area contributed by atoms with Crippen LogP contribution < -0.4 is 10.1 Å². The molecule has 0 bridgehead atoms. The Bertz CT molecular complexity index is 563. The minimum Gasteiger partial charge on any atom is -0.463 e. The zero-order valence-electron chi connectivity index (χ0n) is 12.0. The molecule has 0 aromatic carbocycles. The van der Waals surface area contributed by atoms with E-state index in [1.165, 1.54) is 6.26 Å². The van der Waals surface area contributed by atoms with E-state index in [0.29, 0.717) is 6.61 Å². The second-order valence-electron chi connectivity index (χ2n) is 4.94. The fraction of sp³-hybridized carbons (Fsp3) is 0.727. The molecule has 0 saturated heterocycles. The van der Waals surface area contributed by atoms with Gasteiger partial charge >= 0.3 is 6.01 Å². The van der Waals surface area contributed by atoms with E-state index in [-0.39, 0.29) is 23.8 Å². The average Bonchev–Trinajstić information content (AvgIpc) is 2.32. The predicted octanol–water partition coefficient (Wildman–Crippen LogP) is 1.55. The van der Waals surface area contributed by atoms with Crippen LogP contribution in [0.2, 0.25) is 5.28 Å². The van der Waals surface area contributed by atoms with E-state index in [0.717, 1.165) is 6.42 Å². The molecule has 0 aliphatic carbocycles. The molecule has 0 aliphatic heterocycles. The van der Waals surface area contributed by atoms with Crippen LogP contribution in [0.3, 0.4) is 0 Å². The number of hydrogen-bond donors (Lipinski definition) is 1. The third-order valence-corrected chi connectivity index (χ3v) is 5.02. The summed E-state index contributed by atoms with van der Waals surface area (Å²) in [4.78, 5) is 11.7. The number of aromatic nitrogens is 3. The van der Waals surface area contributed by atoms with Crippen molar-refractivity contribution in [2.45, 2.75) is 31.9 Å². The summed E-state index contributed by atoms with van der Waals surface area (Å²) >= 11 is 5.77. The summed E-state index contributed by atoms with van der Waals surface area (Å²) in [7, 11) is -3.20. The number of hydrogen-bond acceptors (Lipinski definition) is 7. The van der Waals surface area contributed by atoms with Crippen molar-refractivity contribution in [1.82, 2.24) is 15.0 Å². The van der Waals surface area contributed by atoms with Crippen molar-refractivity contribution >= 4 is 27.4 Å². The molecule has 1 aromatic rings. The first-order chi connectivity index (χ1) is 9.15. The Morgan fingerprint density at radius 3 is 2.50 bits per heavy atom. The average molecular weight is 323 g/mol. The number of halogens is 1. The Morgan fingerprint density at radius 2 is 1.95 bits per heavy atom. The van der Waals surface area contributed by atoms with Crippen LogP contribution in [0.1, 0.15) is 27.2 Å². The van der Waals surface area contributed by atoms with Gasteiger partial charge in [0.25, 0.3) is 0 Å². The number of anilines is 1. The lowest BCUT2D eigenvalue weighted by atomic mass is 10.2. The summed E-state index contributed by atoms with van der Waals surface area (Å²) in [6, 6.07) is 0.117. The Morgan fingerprint density at radius 1 is 1.30 bits per heavy atom. The van der Waals surface area contributed by atoms with Crippen LogP contribution in [-0.4, -0.2) is 47.5 Å². The fourth-order valence-electron chi connectivity index (χ4n) is 1.09. The molecule has 0 amide bonds. The smallest absolute Gasteiger partial charge is 0.322 e. The summed E-state index contributed by atoms with van der Waals surface area (Å²) in [6.45, 7) is 5.81. The van der Waals surface area contributed by atoms with Crippen molar-refractivity contribution < 1.29 is 13.2 Å². The molecule has 0 unspecified atom stereocenters. The van der Waals surface area contributed by atoms with Gasteiger partial charge in [-0.1, -0.05) is 6.92 Å². The van der Waals surface area contributed by atoms with Crippen molar-refractivity contribution in [2.24, 2.45) is 0 Å². The summed E-state index contributed by atoms with van der Waals surface area (Å²) in [5, 5.41) is 2.83. The van der Waals surface area contributed by atoms with Crippen LogP contribution in [0.25, 0.3) is 0 Å². The molecule has 9 heteroatoms. The first-order valence-corrected chi connectivity index (χ1v) is 8.40. The van der Waals surface area contributed by atoms with Crippen molar-refractivity contribution in [3.63, 3.8) is 0 Å². The van der Waals surface area contributed by atoms with Gasteiger partial charge in [0.2, 0.25) is 11.2 Å². The fourth-order valence-corrected chi connectivity index (χ4v) is 1.58. The minimum atomic E-state index is -3.20. The normalized spacial score (nSPS) is 12.2. The van der Waals surface area contributed by atoms with E-state index < -0.39 is 14.6 Å². The molecule has 1 aromatic heterocycles. The van der Waals surface area contributed by atoms with E-state index in [9.17, 15) is 8.42 Å². The largest absolute Gasteiger partial charge is 0.463 e. The topological polar surface area (TPSA) is 94.1 Å². The van der Waals surface area contributed by atoms with Crippen molar-refractivity contribution in [2.75, 3.05) is 24.7 Å². The Balaban J connectivity index is 2.80. The number of nitrogens with one attached hydrogen (secondary N) is 1. The Hall–Kier alpha value is -1.15. The number of rotatable bonds is 7. The number of nitrogens with zero attached hydrogens (tertiary/aromatic N) is 3. The molecule has 1 heterocycles. The second kappa shape index (κ2) is 6.53. The first-order valence-electron chi connectivity index (χ1n) is 6.13. The Kier molecular flexibility index (Phi) is 5.52. The monoisotopic (exact) mass is 322 g/mol. The third kappa shape index (κ3) is 4.75. The van der Waals surface area contributed by atoms with E-state index in [2.05, 4.69) is 20.3 Å². The molecular weight excluding hydrogens is 304 g/mol. The van der Waals surface area contributed by atoms with Gasteiger partial charge < -0.3 is 10.1 Å². The lowest BCUT2D eigenvalue weighted by Gasteiger charge is -2.22. The molecule has 1 rings (SSSR count). The van der Waals surface area contributed by atoms with Crippen LogP contribution in [0, 0.1) is 0 Å². The molecule has 0 radical (unpaired) electrons. The Labute approximate surface area is 124 Å². The van der Waals surface area contributed by atoms with Crippen LogP contribution in [-0.2, 0) is 9.84 Å². The van der Waals surface area contributed by atoms with E-state index in [4.69, 9.17) is 16.3 Å². The molecule has 0 fully saturated rings. The third-order valence-electron chi connectivity index (χ3n) is 2.70. The van der Waals surface area contributed by atoms with Gasteiger partial charge in [-0.3, -0.25) is 0 Å². The van der Waals surface area contributed by atoms with Crippen molar-refractivity contribution in [1.29, 1.82) is 0 Å². The van der Waals surface area contributed by atoms with Gasteiger partial charge in [0.15, 0.2) is 9.84 Å². The number of ether oxygens (including phenoxy) is 1. The summed E-state index contributed by atoms with van der Waals surface area (Å²) in [6.07, 6.45) is 2.00. The quantitative estimate of drug-likeness (QED) is 0.813. The SMILES string of the molecule is CCCOc1nc(Cl)nc(NCC(C)(C)S(C)(=O)=O)n1. The molecule has 1 N–H and O–H groups in total. The minimum absolute atomic E-state index is 0.00855. The zero-order chi connectivity index (χ0) is 15.4. The van der Waals surface area contributed by atoms with Gasteiger partial charge in [0, 0.05) is 12.8 Å². The van der Waals surface area contributed by atoms with E-state index in [1.807, 2.05) is 6.92 Å². The van der Waals surface area contributed by atoms with Gasteiger partial charge in [0.05, 0.1) is 11.4 Å². The van der Waals surface area contributed by atoms with Crippen LogP contribution >= 0.6 is 11.6 Å². The van der Waals surface area contributed by atoms with Gasteiger partial charge in [-0.15, -0.1) is 0 Å². The molecule has 0 saturated carbocycles. The van der Waals surface area contributed by atoms with Gasteiger partial charge in [-0.25, -0.2) is 8.42 Å². The van der Waals surface area contributed by atoms with E-state index >= 15 is 0 Å². The highest BCUT2D eigenvalue weighted by atomic mass is 35.5. The number of sulfone groups is 1. The molecular formula is C11H19ClN4O3S. The first kappa shape index (κ1) is 16.9. The van der Waals surface area contributed by atoms with Crippen LogP contribution in [0.4, 0.5) is 5.95 Å². The molecule has 114 valence electrons. The zero-order valence-corrected chi connectivity index (χ0v) is 13.5. The highest BCUT2D eigenvalue weighted by molar-refractivity contribution is 7.92. The second-order valence-corrected chi connectivity index (χ2v) is 7.93. The van der Waals surface area contributed by atoms with Crippen molar-refractivity contribution in [3.8, 4) is 6.01 Å². The summed E-state index contributed by atoms with van der Waals surface area (Å²) in [5.41, 5.74) is 0. The van der Waals surface area contributed by atoms with Gasteiger partial charge in [-0.05, 0) is 31.9 Å². The maximum Gasteiger partial charge on any atom is 0.322 e. The highest BCUT2D eigenvalue weighted by Gasteiger charge is 2.30. The molecule has 0 atom stereocenters. The van der Waals surface area contributed by atoms with Crippen LogP contribution in [0.15, 0.2) is 0 Å². The maximum atomic E-state index is 11.6. The summed E-state index contributed by atoms with van der Waals surface area (Å²) < 4.78 is 27.5. The highest BCUT2D eigenvalue weighted by Crippen LogP contribution is 2.17. The van der Waals surface area contributed by atoms with Gasteiger partial charge in [-0.2, -0.15) is 15.0 Å². The molecule has 0 aliphatic rings. The lowest BCUT2D eigenvalue weighted by Crippen LogP contribution is -2.38. The standard InChI is InChI=1S/C11H19ClN4O3S/c1-5-6-19-10-15-8(12)14-9(16-10)13-7-11(2,3)20(4,17)18/h5-7H2,1-4H3,(H,13,14,15,16). The molecule has 20 heavy (non-hydrogen) atoms. The van der Waals surface area contributed by atoms with Gasteiger partial charge in [0.1, 0.15) is 0 Å². The van der Waals surface area contributed by atoms with E-state index in [1.54, 1.807) is 13.8 Å². The maximum absolute atomic E-state index is 11.6.